The number of amides is 2. The largest absolute Gasteiger partial charge is 0.482 e. The zero-order valence-electron chi connectivity index (χ0n) is 16.0. The van der Waals surface area contributed by atoms with Crippen LogP contribution in [-0.4, -0.2) is 39.7 Å². The van der Waals surface area contributed by atoms with Gasteiger partial charge in [0.25, 0.3) is 5.91 Å². The van der Waals surface area contributed by atoms with Crippen LogP contribution in [0.4, 0.5) is 5.69 Å². The minimum absolute atomic E-state index is 0.00679. The Morgan fingerprint density at radius 3 is 2.76 bits per heavy atom. The Kier molecular flexibility index (Phi) is 5.24. The third kappa shape index (κ3) is 4.11. The molecule has 29 heavy (non-hydrogen) atoms. The predicted molar refractivity (Wildman–Crippen MR) is 107 cm³/mol. The van der Waals surface area contributed by atoms with Crippen molar-refractivity contribution in [3.63, 3.8) is 0 Å². The molecule has 4 rings (SSSR count). The summed E-state index contributed by atoms with van der Waals surface area (Å²) in [5.41, 5.74) is 2.58. The van der Waals surface area contributed by atoms with Gasteiger partial charge in [0.2, 0.25) is 5.91 Å². The van der Waals surface area contributed by atoms with Gasteiger partial charge in [0.15, 0.2) is 6.61 Å². The second-order valence-electron chi connectivity index (χ2n) is 6.77. The number of hydrogen-bond acceptors (Lipinski definition) is 5. The van der Waals surface area contributed by atoms with Crippen LogP contribution >= 0.6 is 0 Å². The molecule has 8 nitrogen and oxygen atoms in total. The number of fused-ring (bicyclic) bond motifs is 1. The molecule has 148 valence electrons. The van der Waals surface area contributed by atoms with Crippen molar-refractivity contribution in [3.05, 3.63) is 66.7 Å². The predicted octanol–water partition coefficient (Wildman–Crippen LogP) is 2.26. The molecule has 1 aliphatic rings. The highest BCUT2D eigenvalue weighted by molar-refractivity contribution is 5.98. The SMILES string of the molecule is CC(NC(=O)CCN1C(=O)COc2ccccc21)c1ccc(-n2cncn2)cc1. The van der Waals surface area contributed by atoms with Crippen LogP contribution in [0.2, 0.25) is 0 Å². The van der Waals surface area contributed by atoms with Gasteiger partial charge < -0.3 is 15.0 Å². The summed E-state index contributed by atoms with van der Waals surface area (Å²) >= 11 is 0. The number of carbonyl (C=O) groups excluding carboxylic acids is 2. The summed E-state index contributed by atoms with van der Waals surface area (Å²) in [6, 6.07) is 14.9. The van der Waals surface area contributed by atoms with E-state index in [1.54, 1.807) is 15.9 Å². The molecule has 0 aliphatic carbocycles. The molecule has 2 aromatic carbocycles. The van der Waals surface area contributed by atoms with Gasteiger partial charge >= 0.3 is 0 Å². The van der Waals surface area contributed by atoms with Crippen molar-refractivity contribution in [1.82, 2.24) is 20.1 Å². The highest BCUT2D eigenvalue weighted by Gasteiger charge is 2.25. The van der Waals surface area contributed by atoms with Gasteiger partial charge in [0, 0.05) is 13.0 Å². The molecule has 1 atom stereocenters. The first-order valence-corrected chi connectivity index (χ1v) is 9.38. The summed E-state index contributed by atoms with van der Waals surface area (Å²) in [5, 5.41) is 7.08. The Morgan fingerprint density at radius 1 is 1.21 bits per heavy atom. The smallest absolute Gasteiger partial charge is 0.265 e. The van der Waals surface area contributed by atoms with Crippen LogP contribution in [0.3, 0.4) is 0 Å². The average molecular weight is 391 g/mol. The van der Waals surface area contributed by atoms with E-state index in [0.717, 1.165) is 11.3 Å². The zero-order valence-corrected chi connectivity index (χ0v) is 16.0. The molecule has 0 radical (unpaired) electrons. The molecule has 0 saturated carbocycles. The Morgan fingerprint density at radius 2 is 2.00 bits per heavy atom. The monoisotopic (exact) mass is 391 g/mol. The molecular formula is C21H21N5O3. The van der Waals surface area contributed by atoms with E-state index >= 15 is 0 Å². The fourth-order valence-electron chi connectivity index (χ4n) is 3.27. The van der Waals surface area contributed by atoms with E-state index in [9.17, 15) is 9.59 Å². The Balaban J connectivity index is 1.34. The third-order valence-corrected chi connectivity index (χ3v) is 4.82. The first-order valence-electron chi connectivity index (χ1n) is 9.38. The average Bonchev–Trinajstić information content (AvgIpc) is 3.28. The molecule has 0 bridgehead atoms. The van der Waals surface area contributed by atoms with Crippen molar-refractivity contribution in [2.45, 2.75) is 19.4 Å². The van der Waals surface area contributed by atoms with E-state index in [2.05, 4.69) is 15.4 Å². The second-order valence-corrected chi connectivity index (χ2v) is 6.77. The minimum atomic E-state index is -0.153. The number of anilines is 1. The number of aromatic nitrogens is 3. The van der Waals surface area contributed by atoms with E-state index in [4.69, 9.17) is 4.74 Å². The second kappa shape index (κ2) is 8.14. The maximum absolute atomic E-state index is 12.4. The van der Waals surface area contributed by atoms with Gasteiger partial charge in [0.05, 0.1) is 17.4 Å². The lowest BCUT2D eigenvalue weighted by atomic mass is 10.1. The van der Waals surface area contributed by atoms with E-state index in [-0.39, 0.29) is 30.9 Å². The summed E-state index contributed by atoms with van der Waals surface area (Å²) < 4.78 is 7.10. The highest BCUT2D eigenvalue weighted by Crippen LogP contribution is 2.31. The summed E-state index contributed by atoms with van der Waals surface area (Å²) in [4.78, 5) is 30.2. The lowest BCUT2D eigenvalue weighted by Gasteiger charge is -2.29. The molecule has 0 saturated heterocycles. The van der Waals surface area contributed by atoms with Crippen LogP contribution in [0.25, 0.3) is 5.69 Å². The van der Waals surface area contributed by atoms with Crippen molar-refractivity contribution in [2.24, 2.45) is 0 Å². The standard InChI is InChI=1S/C21H21N5O3/c1-15(16-6-8-17(9-7-16)26-14-22-13-23-26)24-20(27)10-11-25-18-4-2-3-5-19(18)29-12-21(25)28/h2-9,13-15H,10-12H2,1H3,(H,24,27). The number of hydrogen-bond donors (Lipinski definition) is 1. The van der Waals surface area contributed by atoms with Crippen molar-refractivity contribution in [1.29, 1.82) is 0 Å². The first-order chi connectivity index (χ1) is 14.1. The Labute approximate surface area is 168 Å². The van der Waals surface area contributed by atoms with Gasteiger partial charge in [0.1, 0.15) is 18.4 Å². The van der Waals surface area contributed by atoms with Crippen molar-refractivity contribution >= 4 is 17.5 Å². The zero-order chi connectivity index (χ0) is 20.2. The number of ether oxygens (including phenoxy) is 1. The van der Waals surface area contributed by atoms with Gasteiger partial charge in [-0.15, -0.1) is 0 Å². The topological polar surface area (TPSA) is 89.4 Å². The Hall–Kier alpha value is -3.68. The van der Waals surface area contributed by atoms with Crippen LogP contribution in [0, 0.1) is 0 Å². The number of carbonyl (C=O) groups is 2. The van der Waals surface area contributed by atoms with Crippen LogP contribution in [0.5, 0.6) is 5.75 Å². The molecule has 2 amide bonds. The summed E-state index contributed by atoms with van der Waals surface area (Å²) in [6.45, 7) is 2.23. The van der Waals surface area contributed by atoms with Gasteiger partial charge in [-0.3, -0.25) is 9.59 Å². The van der Waals surface area contributed by atoms with Crippen LogP contribution in [0.1, 0.15) is 24.9 Å². The fourth-order valence-corrected chi connectivity index (χ4v) is 3.27. The van der Waals surface area contributed by atoms with Gasteiger partial charge in [-0.1, -0.05) is 24.3 Å². The Bertz CT molecular complexity index is 1000. The number of para-hydroxylation sites is 2. The molecular weight excluding hydrogens is 370 g/mol. The third-order valence-electron chi connectivity index (χ3n) is 4.82. The maximum atomic E-state index is 12.4. The molecule has 1 unspecified atom stereocenters. The van der Waals surface area contributed by atoms with Gasteiger partial charge in [-0.25, -0.2) is 9.67 Å². The maximum Gasteiger partial charge on any atom is 0.265 e. The quantitative estimate of drug-likeness (QED) is 0.696. The summed E-state index contributed by atoms with van der Waals surface area (Å²) in [7, 11) is 0. The lowest BCUT2D eigenvalue weighted by Crippen LogP contribution is -2.41. The number of nitrogens with one attached hydrogen (secondary N) is 1. The molecule has 1 aromatic heterocycles. The van der Waals surface area contributed by atoms with Gasteiger partial charge in [-0.05, 0) is 36.8 Å². The lowest BCUT2D eigenvalue weighted by molar-refractivity contribution is -0.122. The van der Waals surface area contributed by atoms with Crippen LogP contribution < -0.4 is 15.0 Å². The molecule has 2 heterocycles. The highest BCUT2D eigenvalue weighted by atomic mass is 16.5. The van der Waals surface area contributed by atoms with Crippen molar-refractivity contribution in [3.8, 4) is 11.4 Å². The first kappa shape index (κ1) is 18.7. The molecule has 1 N–H and O–H groups in total. The summed E-state index contributed by atoms with van der Waals surface area (Å²) in [5.74, 6) is 0.399. The van der Waals surface area contributed by atoms with E-state index in [0.29, 0.717) is 18.0 Å². The van der Waals surface area contributed by atoms with E-state index in [1.165, 1.54) is 6.33 Å². The van der Waals surface area contributed by atoms with E-state index in [1.807, 2.05) is 55.5 Å². The van der Waals surface area contributed by atoms with E-state index < -0.39 is 0 Å². The van der Waals surface area contributed by atoms with Crippen LogP contribution in [-0.2, 0) is 9.59 Å². The van der Waals surface area contributed by atoms with Crippen LogP contribution in [0.15, 0.2) is 61.2 Å². The van der Waals surface area contributed by atoms with Crippen molar-refractivity contribution < 1.29 is 14.3 Å². The number of nitrogens with zero attached hydrogens (tertiary/aromatic N) is 4. The molecule has 0 spiro atoms. The molecule has 3 aromatic rings. The normalized spacial score (nSPS) is 14.1. The number of rotatable bonds is 6. The molecule has 8 heteroatoms. The fraction of sp³-hybridized carbons (Fsp3) is 0.238. The van der Waals surface area contributed by atoms with Gasteiger partial charge in [-0.2, -0.15) is 5.10 Å². The molecule has 1 aliphatic heterocycles. The van der Waals surface area contributed by atoms with Crippen molar-refractivity contribution in [2.75, 3.05) is 18.1 Å². The number of benzene rings is 2. The summed E-state index contributed by atoms with van der Waals surface area (Å²) in [6.07, 6.45) is 3.32. The molecule has 0 fully saturated rings. The minimum Gasteiger partial charge on any atom is -0.482 e.